The van der Waals surface area contributed by atoms with Crippen molar-refractivity contribution in [2.75, 3.05) is 26.3 Å². The first-order valence-electron chi connectivity index (χ1n) is 9.24. The highest BCUT2D eigenvalue weighted by Crippen LogP contribution is 2.22. The fourth-order valence-electron chi connectivity index (χ4n) is 2.38. The number of carbonyl (C=O) groups excluding carboxylic acids is 2. The number of phenolic OH excluding ortho intramolecular Hbond substituents is 2. The number of amides is 2. The van der Waals surface area contributed by atoms with Crippen LogP contribution in [0.2, 0.25) is 0 Å². The summed E-state index contributed by atoms with van der Waals surface area (Å²) < 4.78 is 21.2. The molecule has 2 aromatic rings. The minimum atomic E-state index is -2.60. The zero-order valence-corrected chi connectivity index (χ0v) is 17.1. The minimum Gasteiger partial charge on any atom is -0.508 e. The van der Waals surface area contributed by atoms with Gasteiger partial charge in [-0.2, -0.15) is 0 Å². The van der Waals surface area contributed by atoms with Gasteiger partial charge in [-0.15, -0.1) is 9.05 Å². The lowest BCUT2D eigenvalue weighted by atomic mass is 10.1. The summed E-state index contributed by atoms with van der Waals surface area (Å²) >= 11 is 0. The van der Waals surface area contributed by atoms with Gasteiger partial charge in [-0.05, 0) is 48.2 Å². The van der Waals surface area contributed by atoms with Crippen LogP contribution >= 0.6 is 8.25 Å². The molecule has 4 N–H and O–H groups in total. The molecule has 2 rings (SSSR count). The molecule has 0 radical (unpaired) electrons. The first-order chi connectivity index (χ1) is 14.4. The Morgan fingerprint density at radius 1 is 0.733 bits per heavy atom. The van der Waals surface area contributed by atoms with Crippen molar-refractivity contribution < 1.29 is 33.4 Å². The van der Waals surface area contributed by atoms with Crippen molar-refractivity contribution in [3.05, 3.63) is 59.7 Å². The van der Waals surface area contributed by atoms with Gasteiger partial charge >= 0.3 is 8.25 Å². The predicted molar refractivity (Wildman–Crippen MR) is 109 cm³/mol. The van der Waals surface area contributed by atoms with E-state index in [0.717, 1.165) is 11.1 Å². The molecule has 9 nitrogen and oxygen atoms in total. The van der Waals surface area contributed by atoms with Gasteiger partial charge in [-0.25, -0.2) is 0 Å². The van der Waals surface area contributed by atoms with Gasteiger partial charge < -0.3 is 20.8 Å². The van der Waals surface area contributed by atoms with E-state index in [9.17, 15) is 24.4 Å². The molecule has 0 aliphatic heterocycles. The molecule has 0 fully saturated rings. The smallest absolute Gasteiger partial charge is 0.508 e. The summed E-state index contributed by atoms with van der Waals surface area (Å²) in [5.74, 6) is -0.574. The Kier molecular flexibility index (Phi) is 9.73. The van der Waals surface area contributed by atoms with Crippen molar-refractivity contribution >= 4 is 20.1 Å². The Bertz CT molecular complexity index is 772. The fourth-order valence-corrected chi connectivity index (χ4v) is 2.90. The van der Waals surface area contributed by atoms with Gasteiger partial charge in [0.2, 0.25) is 0 Å². The first-order valence-corrected chi connectivity index (χ1v) is 10.3. The van der Waals surface area contributed by atoms with Crippen LogP contribution < -0.4 is 10.6 Å². The molecule has 0 aliphatic rings. The molecule has 0 heterocycles. The SMILES string of the molecule is O=C(CO[P+](=O)OCC(=O)NCCc1ccc(O)cc1)NCCc1ccc(O)cc1. The molecule has 0 saturated carbocycles. The standard InChI is InChI=1S/C20H23N2O7P/c23-17-5-1-15(2-6-17)9-11-21-19(25)13-28-30(27)29-14-20(26)22-12-10-16-3-7-18(24)8-4-16/h1-8H,9-14H2,(H3-,21,22,23,24,25,26)/p+1. The summed E-state index contributed by atoms with van der Waals surface area (Å²) in [7, 11) is -2.60. The zero-order valence-electron chi connectivity index (χ0n) is 16.2. The van der Waals surface area contributed by atoms with Crippen LogP contribution in [0.4, 0.5) is 0 Å². The van der Waals surface area contributed by atoms with Crippen LogP contribution in [0.5, 0.6) is 11.5 Å². The van der Waals surface area contributed by atoms with E-state index in [4.69, 9.17) is 9.05 Å². The van der Waals surface area contributed by atoms with Gasteiger partial charge in [-0.1, -0.05) is 24.3 Å². The first kappa shape index (κ1) is 23.3. The van der Waals surface area contributed by atoms with Crippen LogP contribution in [0, 0.1) is 0 Å². The lowest BCUT2D eigenvalue weighted by Gasteiger charge is -2.04. The molecule has 10 heteroatoms. The maximum Gasteiger partial charge on any atom is 0.698 e. The van der Waals surface area contributed by atoms with Gasteiger partial charge in [0.25, 0.3) is 11.8 Å². The predicted octanol–water partition coefficient (Wildman–Crippen LogP) is 1.81. The number of aromatic hydroxyl groups is 2. The number of phenols is 2. The van der Waals surface area contributed by atoms with Crippen molar-refractivity contribution in [3.63, 3.8) is 0 Å². The summed E-state index contributed by atoms with van der Waals surface area (Å²) in [4.78, 5) is 23.3. The molecule has 0 atom stereocenters. The maximum atomic E-state index is 11.7. The van der Waals surface area contributed by atoms with E-state index < -0.39 is 33.3 Å². The van der Waals surface area contributed by atoms with E-state index >= 15 is 0 Å². The molecule has 0 spiro atoms. The van der Waals surface area contributed by atoms with Gasteiger partial charge in [0.15, 0.2) is 13.2 Å². The molecular weight excluding hydrogens is 411 g/mol. The third-order valence-electron chi connectivity index (χ3n) is 3.95. The van der Waals surface area contributed by atoms with E-state index in [1.807, 2.05) is 0 Å². The topological polar surface area (TPSA) is 134 Å². The molecular formula is C20H24N2O7P+. The normalized spacial score (nSPS) is 10.4. The minimum absolute atomic E-state index is 0.172. The third kappa shape index (κ3) is 9.47. The number of benzene rings is 2. The zero-order chi connectivity index (χ0) is 21.8. The second-order valence-corrected chi connectivity index (χ2v) is 7.27. The second kappa shape index (κ2) is 12.5. The van der Waals surface area contributed by atoms with Crippen LogP contribution in [0.3, 0.4) is 0 Å². The van der Waals surface area contributed by atoms with E-state index in [0.29, 0.717) is 25.9 Å². The van der Waals surface area contributed by atoms with Crippen LogP contribution in [-0.2, 0) is 36.0 Å². The Morgan fingerprint density at radius 3 is 1.47 bits per heavy atom. The Hall–Kier alpha value is -3.00. The van der Waals surface area contributed by atoms with Crippen molar-refractivity contribution in [1.29, 1.82) is 0 Å². The summed E-state index contributed by atoms with van der Waals surface area (Å²) in [5.41, 5.74) is 1.89. The summed E-state index contributed by atoms with van der Waals surface area (Å²) in [6.45, 7) is -0.192. The molecule has 0 unspecified atom stereocenters. The molecule has 0 saturated heterocycles. The van der Waals surface area contributed by atoms with Gasteiger partial charge in [0.05, 0.1) is 0 Å². The highest BCUT2D eigenvalue weighted by Gasteiger charge is 2.24. The maximum absolute atomic E-state index is 11.7. The van der Waals surface area contributed by atoms with Crippen molar-refractivity contribution in [2.24, 2.45) is 0 Å². The van der Waals surface area contributed by atoms with Gasteiger partial charge in [0, 0.05) is 17.7 Å². The number of nitrogens with one attached hydrogen (secondary N) is 2. The largest absolute Gasteiger partial charge is 0.698 e. The third-order valence-corrected chi connectivity index (χ3v) is 4.63. The fraction of sp³-hybridized carbons (Fsp3) is 0.300. The van der Waals surface area contributed by atoms with Crippen LogP contribution in [0.1, 0.15) is 11.1 Å². The highest BCUT2D eigenvalue weighted by atomic mass is 31.1. The van der Waals surface area contributed by atoms with E-state index in [1.165, 1.54) is 0 Å². The molecule has 30 heavy (non-hydrogen) atoms. The molecule has 0 bridgehead atoms. The number of carbonyl (C=O) groups is 2. The summed E-state index contributed by atoms with van der Waals surface area (Å²) in [6.07, 6.45) is 1.14. The average molecular weight is 435 g/mol. The lowest BCUT2D eigenvalue weighted by molar-refractivity contribution is -0.123. The van der Waals surface area contributed by atoms with Crippen molar-refractivity contribution in [1.82, 2.24) is 10.6 Å². The van der Waals surface area contributed by atoms with Crippen LogP contribution in [0.25, 0.3) is 0 Å². The Labute approximate surface area is 175 Å². The number of rotatable bonds is 12. The number of hydrogen-bond donors (Lipinski definition) is 4. The van der Waals surface area contributed by atoms with Gasteiger partial charge in [-0.3, -0.25) is 9.59 Å². The van der Waals surface area contributed by atoms with Crippen LogP contribution in [-0.4, -0.2) is 48.3 Å². The van der Waals surface area contributed by atoms with E-state index in [2.05, 4.69) is 10.6 Å². The second-order valence-electron chi connectivity index (χ2n) is 6.30. The van der Waals surface area contributed by atoms with Crippen molar-refractivity contribution in [3.8, 4) is 11.5 Å². The molecule has 2 aromatic carbocycles. The van der Waals surface area contributed by atoms with Crippen LogP contribution in [0.15, 0.2) is 48.5 Å². The molecule has 160 valence electrons. The van der Waals surface area contributed by atoms with Crippen molar-refractivity contribution in [2.45, 2.75) is 12.8 Å². The monoisotopic (exact) mass is 435 g/mol. The lowest BCUT2D eigenvalue weighted by Crippen LogP contribution is -2.29. The summed E-state index contributed by atoms with van der Waals surface area (Å²) in [5, 5.41) is 23.6. The van der Waals surface area contributed by atoms with E-state index in [-0.39, 0.29) is 11.5 Å². The Morgan fingerprint density at radius 2 is 1.10 bits per heavy atom. The summed E-state index contributed by atoms with van der Waals surface area (Å²) in [6, 6.07) is 13.2. The highest BCUT2D eigenvalue weighted by molar-refractivity contribution is 7.33. The molecule has 2 amide bonds. The number of hydrogen-bond acceptors (Lipinski definition) is 7. The quantitative estimate of drug-likeness (QED) is 0.374. The average Bonchev–Trinajstić information content (AvgIpc) is 2.73. The Balaban J connectivity index is 1.52. The molecule has 0 aliphatic carbocycles. The van der Waals surface area contributed by atoms with E-state index in [1.54, 1.807) is 48.5 Å². The van der Waals surface area contributed by atoms with Gasteiger partial charge in [0.1, 0.15) is 11.5 Å². The molecule has 0 aromatic heterocycles.